The van der Waals surface area contributed by atoms with Crippen LogP contribution >= 0.6 is 0 Å². The lowest BCUT2D eigenvalue weighted by molar-refractivity contribution is 1.07. The van der Waals surface area contributed by atoms with E-state index in [0.29, 0.717) is 17.5 Å². The molecular formula is C57H38N4. The van der Waals surface area contributed by atoms with E-state index in [9.17, 15) is 0 Å². The molecule has 0 saturated carbocycles. The van der Waals surface area contributed by atoms with E-state index in [1.165, 1.54) is 38.6 Å². The number of rotatable bonds is 8. The lowest BCUT2D eigenvalue weighted by Crippen LogP contribution is -2.01. The van der Waals surface area contributed by atoms with Gasteiger partial charge >= 0.3 is 0 Å². The van der Waals surface area contributed by atoms with Crippen molar-refractivity contribution in [1.82, 2.24) is 19.5 Å². The first kappa shape index (κ1) is 35.9. The molecule has 0 N–H and O–H groups in total. The lowest BCUT2D eigenvalue weighted by atomic mass is 9.93. The average molecular weight is 779 g/mol. The first-order chi connectivity index (χ1) is 30.2. The van der Waals surface area contributed by atoms with Gasteiger partial charge in [-0.15, -0.1) is 0 Å². The molecule has 11 rings (SSSR count). The highest BCUT2D eigenvalue weighted by Gasteiger charge is 2.20. The largest absolute Gasteiger partial charge is 0.309 e. The Balaban J connectivity index is 1.10. The lowest BCUT2D eigenvalue weighted by Gasteiger charge is -2.14. The van der Waals surface area contributed by atoms with Crippen molar-refractivity contribution in [2.24, 2.45) is 0 Å². The number of hydrogen-bond donors (Lipinski definition) is 0. The summed E-state index contributed by atoms with van der Waals surface area (Å²) in [5.41, 5.74) is 15.4. The van der Waals surface area contributed by atoms with Gasteiger partial charge in [-0.25, -0.2) is 15.0 Å². The van der Waals surface area contributed by atoms with Crippen LogP contribution in [0.15, 0.2) is 231 Å². The molecule has 0 bridgehead atoms. The molecule has 2 heterocycles. The summed E-state index contributed by atoms with van der Waals surface area (Å²) in [6, 6.07) is 81.3. The van der Waals surface area contributed by atoms with Gasteiger partial charge in [-0.3, -0.25) is 0 Å². The Morgan fingerprint density at radius 3 is 1.36 bits per heavy atom. The van der Waals surface area contributed by atoms with Crippen molar-refractivity contribution in [3.63, 3.8) is 0 Å². The fraction of sp³-hybridized carbons (Fsp3) is 0. The van der Waals surface area contributed by atoms with Crippen LogP contribution in [-0.4, -0.2) is 19.5 Å². The minimum Gasteiger partial charge on any atom is -0.309 e. The predicted molar refractivity (Wildman–Crippen MR) is 252 cm³/mol. The molecule has 2 aromatic heterocycles. The summed E-state index contributed by atoms with van der Waals surface area (Å²) in [4.78, 5) is 15.3. The topological polar surface area (TPSA) is 43.6 Å². The molecular weight excluding hydrogens is 741 g/mol. The summed E-state index contributed by atoms with van der Waals surface area (Å²) < 4.78 is 2.40. The summed E-state index contributed by atoms with van der Waals surface area (Å²) in [6.45, 7) is 0. The standard InChI is InChI=1S/C57H38N4/c1-5-17-39(18-6-1)41-31-33-44(34-32-41)56-58-55(43-23-11-4-12-24-43)59-57(60-56)47-27-16-28-49(36-47)61-52-30-14-13-29-50(52)54-51(42-21-9-3-10-22-42)37-48(38-53(54)61)46-26-15-25-45(35-46)40-19-7-2-8-20-40/h1-38H. The van der Waals surface area contributed by atoms with Gasteiger partial charge in [0.15, 0.2) is 17.5 Å². The second kappa shape index (κ2) is 15.5. The highest BCUT2D eigenvalue weighted by molar-refractivity contribution is 6.17. The summed E-state index contributed by atoms with van der Waals surface area (Å²) in [5.74, 6) is 1.87. The number of nitrogens with zero attached hydrogens (tertiary/aromatic N) is 4. The van der Waals surface area contributed by atoms with Crippen LogP contribution in [0.4, 0.5) is 0 Å². The van der Waals surface area contributed by atoms with Crippen LogP contribution in [0, 0.1) is 0 Å². The van der Waals surface area contributed by atoms with Crippen molar-refractivity contribution < 1.29 is 0 Å². The monoisotopic (exact) mass is 778 g/mol. The average Bonchev–Trinajstić information content (AvgIpc) is 3.69. The van der Waals surface area contributed by atoms with E-state index < -0.39 is 0 Å². The molecule has 11 aromatic rings. The van der Waals surface area contributed by atoms with Crippen molar-refractivity contribution in [3.8, 4) is 84.4 Å². The predicted octanol–water partition coefficient (Wildman–Crippen LogP) is 14.6. The number of fused-ring (bicyclic) bond motifs is 3. The molecule has 0 aliphatic rings. The molecule has 0 radical (unpaired) electrons. The third kappa shape index (κ3) is 6.86. The van der Waals surface area contributed by atoms with E-state index in [0.717, 1.165) is 50.1 Å². The van der Waals surface area contributed by atoms with E-state index in [1.807, 2.05) is 36.4 Å². The van der Waals surface area contributed by atoms with Crippen molar-refractivity contribution in [2.45, 2.75) is 0 Å². The quantitative estimate of drug-likeness (QED) is 0.154. The normalized spacial score (nSPS) is 11.3. The van der Waals surface area contributed by atoms with E-state index in [2.05, 4.69) is 199 Å². The molecule has 9 aromatic carbocycles. The van der Waals surface area contributed by atoms with Crippen LogP contribution in [0.3, 0.4) is 0 Å². The number of hydrogen-bond acceptors (Lipinski definition) is 3. The first-order valence-electron chi connectivity index (χ1n) is 20.6. The maximum absolute atomic E-state index is 5.16. The van der Waals surface area contributed by atoms with Gasteiger partial charge in [0.1, 0.15) is 0 Å². The maximum atomic E-state index is 5.16. The highest BCUT2D eigenvalue weighted by atomic mass is 15.0. The molecule has 0 saturated heterocycles. The Hall–Kier alpha value is -8.21. The Morgan fingerprint density at radius 2 is 0.705 bits per heavy atom. The van der Waals surface area contributed by atoms with Gasteiger partial charge < -0.3 is 4.57 Å². The molecule has 0 aliphatic heterocycles. The second-order valence-corrected chi connectivity index (χ2v) is 15.2. The van der Waals surface area contributed by atoms with Crippen LogP contribution < -0.4 is 0 Å². The van der Waals surface area contributed by atoms with Gasteiger partial charge in [0, 0.05) is 33.2 Å². The summed E-state index contributed by atoms with van der Waals surface area (Å²) in [5, 5.41) is 2.40. The minimum absolute atomic E-state index is 0.613. The van der Waals surface area contributed by atoms with E-state index in [-0.39, 0.29) is 0 Å². The molecule has 4 heteroatoms. The molecule has 286 valence electrons. The Bertz CT molecular complexity index is 3320. The second-order valence-electron chi connectivity index (χ2n) is 15.2. The third-order valence-electron chi connectivity index (χ3n) is 11.4. The SMILES string of the molecule is c1ccc(-c2ccc(-c3nc(-c4ccccc4)nc(-c4cccc(-n5c6ccccc6c6c(-c7ccccc7)cc(-c7cccc(-c8ccccc8)c7)cc65)c4)n3)cc2)cc1. The Kier molecular flexibility index (Phi) is 9.14. The zero-order valence-corrected chi connectivity index (χ0v) is 33.2. The van der Waals surface area contributed by atoms with Gasteiger partial charge in [-0.05, 0) is 80.9 Å². The van der Waals surface area contributed by atoms with Gasteiger partial charge in [0.25, 0.3) is 0 Å². The zero-order valence-electron chi connectivity index (χ0n) is 33.2. The van der Waals surface area contributed by atoms with Crippen molar-refractivity contribution in [2.75, 3.05) is 0 Å². The molecule has 0 amide bonds. The number of para-hydroxylation sites is 1. The molecule has 0 unspecified atom stereocenters. The smallest absolute Gasteiger partial charge is 0.164 e. The van der Waals surface area contributed by atoms with Gasteiger partial charge in [-0.2, -0.15) is 0 Å². The van der Waals surface area contributed by atoms with E-state index in [4.69, 9.17) is 15.0 Å². The molecule has 0 fully saturated rings. The van der Waals surface area contributed by atoms with Crippen LogP contribution in [0.5, 0.6) is 0 Å². The molecule has 4 nitrogen and oxygen atoms in total. The van der Waals surface area contributed by atoms with Crippen LogP contribution in [-0.2, 0) is 0 Å². The summed E-state index contributed by atoms with van der Waals surface area (Å²) in [6.07, 6.45) is 0. The van der Waals surface area contributed by atoms with Crippen molar-refractivity contribution >= 4 is 21.8 Å². The van der Waals surface area contributed by atoms with Crippen LogP contribution in [0.1, 0.15) is 0 Å². The minimum atomic E-state index is 0.613. The van der Waals surface area contributed by atoms with E-state index in [1.54, 1.807) is 0 Å². The maximum Gasteiger partial charge on any atom is 0.164 e. The number of benzene rings is 9. The third-order valence-corrected chi connectivity index (χ3v) is 11.4. The fourth-order valence-corrected chi connectivity index (χ4v) is 8.47. The summed E-state index contributed by atoms with van der Waals surface area (Å²) >= 11 is 0. The Morgan fingerprint density at radius 1 is 0.262 bits per heavy atom. The molecule has 61 heavy (non-hydrogen) atoms. The first-order valence-corrected chi connectivity index (χ1v) is 20.6. The van der Waals surface area contributed by atoms with Crippen LogP contribution in [0.2, 0.25) is 0 Å². The van der Waals surface area contributed by atoms with Crippen molar-refractivity contribution in [1.29, 1.82) is 0 Å². The van der Waals surface area contributed by atoms with Gasteiger partial charge in [0.2, 0.25) is 0 Å². The molecule has 0 atom stereocenters. The van der Waals surface area contributed by atoms with Crippen LogP contribution in [0.25, 0.3) is 106 Å². The summed E-state index contributed by atoms with van der Waals surface area (Å²) in [7, 11) is 0. The highest BCUT2D eigenvalue weighted by Crippen LogP contribution is 2.42. The fourth-order valence-electron chi connectivity index (χ4n) is 8.47. The Labute approximate surface area is 354 Å². The molecule has 0 spiro atoms. The van der Waals surface area contributed by atoms with E-state index >= 15 is 0 Å². The van der Waals surface area contributed by atoms with Gasteiger partial charge in [0.05, 0.1) is 11.0 Å². The molecule has 0 aliphatic carbocycles. The van der Waals surface area contributed by atoms with Crippen molar-refractivity contribution in [3.05, 3.63) is 231 Å². The van der Waals surface area contributed by atoms with Gasteiger partial charge in [-0.1, -0.05) is 194 Å². The zero-order chi connectivity index (χ0) is 40.5. The number of aromatic nitrogens is 4.